The van der Waals surface area contributed by atoms with Gasteiger partial charge in [-0.3, -0.25) is 4.79 Å². The van der Waals surface area contributed by atoms with Crippen LogP contribution in [0.5, 0.6) is 0 Å². The minimum absolute atomic E-state index is 0.0279. The van der Waals surface area contributed by atoms with Crippen molar-refractivity contribution in [3.63, 3.8) is 0 Å². The van der Waals surface area contributed by atoms with E-state index in [2.05, 4.69) is 42.5 Å². The van der Waals surface area contributed by atoms with Crippen LogP contribution < -0.4 is 10.6 Å². The second kappa shape index (κ2) is 7.49. The quantitative estimate of drug-likeness (QED) is 0.715. The highest BCUT2D eigenvalue weighted by Gasteiger charge is 2.12. The molecule has 1 aromatic carbocycles. The monoisotopic (exact) mass is 392 g/mol. The first-order chi connectivity index (χ1) is 8.90. The highest BCUT2D eigenvalue weighted by molar-refractivity contribution is 9.11. The molecule has 104 valence electrons. The molecule has 0 aliphatic rings. The maximum atomic E-state index is 11.8. The molecule has 1 aromatic rings. The zero-order chi connectivity index (χ0) is 14.4. The molecule has 19 heavy (non-hydrogen) atoms. The number of amides is 2. The lowest BCUT2D eigenvalue weighted by Crippen LogP contribution is -2.36. The number of carboxylic acids is 1. The van der Waals surface area contributed by atoms with Crippen LogP contribution in [0, 0.1) is 0 Å². The molecule has 0 aliphatic heterocycles. The van der Waals surface area contributed by atoms with Crippen LogP contribution in [0.2, 0.25) is 0 Å². The molecule has 5 nitrogen and oxygen atoms in total. The Bertz CT molecular complexity index is 460. The zero-order valence-corrected chi connectivity index (χ0v) is 13.4. The van der Waals surface area contributed by atoms with Crippen LogP contribution in [-0.2, 0) is 4.79 Å². The van der Waals surface area contributed by atoms with Gasteiger partial charge in [-0.25, -0.2) is 4.79 Å². The summed E-state index contributed by atoms with van der Waals surface area (Å²) in [6.07, 6.45) is 0.417. The molecule has 1 rings (SSSR count). The lowest BCUT2D eigenvalue weighted by molar-refractivity contribution is -0.137. The number of benzene rings is 1. The first-order valence-electron chi connectivity index (χ1n) is 5.63. The summed E-state index contributed by atoms with van der Waals surface area (Å²) in [7, 11) is 0. The number of hydrogen-bond donors (Lipinski definition) is 3. The Labute approximate surface area is 128 Å². The van der Waals surface area contributed by atoms with Gasteiger partial charge in [-0.15, -0.1) is 0 Å². The van der Waals surface area contributed by atoms with Gasteiger partial charge in [0, 0.05) is 21.4 Å². The molecule has 0 aromatic heterocycles. The Morgan fingerprint density at radius 3 is 2.42 bits per heavy atom. The molecule has 0 bridgehead atoms. The van der Waals surface area contributed by atoms with Gasteiger partial charge < -0.3 is 15.7 Å². The Hall–Kier alpha value is -1.08. The predicted molar refractivity (Wildman–Crippen MR) is 80.3 cm³/mol. The van der Waals surface area contributed by atoms with E-state index < -0.39 is 5.97 Å². The fraction of sp³-hybridized carbons (Fsp3) is 0.333. The van der Waals surface area contributed by atoms with Crippen molar-refractivity contribution in [2.75, 3.05) is 5.32 Å². The fourth-order valence-electron chi connectivity index (χ4n) is 1.40. The average Bonchev–Trinajstić information content (AvgIpc) is 2.31. The Morgan fingerprint density at radius 1 is 1.32 bits per heavy atom. The number of nitrogens with one attached hydrogen (secondary N) is 2. The summed E-state index contributed by atoms with van der Waals surface area (Å²) >= 11 is 6.68. The van der Waals surface area contributed by atoms with E-state index in [-0.39, 0.29) is 18.5 Å². The minimum Gasteiger partial charge on any atom is -0.481 e. The summed E-state index contributed by atoms with van der Waals surface area (Å²) in [5.41, 5.74) is 0.630. The van der Waals surface area contributed by atoms with Crippen LogP contribution in [0.4, 0.5) is 10.5 Å². The van der Waals surface area contributed by atoms with Crippen LogP contribution in [0.15, 0.2) is 27.1 Å². The molecule has 7 heteroatoms. The van der Waals surface area contributed by atoms with E-state index >= 15 is 0 Å². The number of aliphatic carboxylic acids is 1. The highest BCUT2D eigenvalue weighted by atomic mass is 79.9. The summed E-state index contributed by atoms with van der Waals surface area (Å²) in [5.74, 6) is -0.873. The van der Waals surface area contributed by atoms with Crippen molar-refractivity contribution in [1.82, 2.24) is 5.32 Å². The summed E-state index contributed by atoms with van der Waals surface area (Å²) in [6.45, 7) is 1.76. The van der Waals surface area contributed by atoms with E-state index in [0.717, 1.165) is 8.95 Å². The summed E-state index contributed by atoms with van der Waals surface area (Å²) in [6, 6.07) is 4.89. The van der Waals surface area contributed by atoms with Gasteiger partial charge in [-0.2, -0.15) is 0 Å². The van der Waals surface area contributed by atoms with Gasteiger partial charge in [0.1, 0.15) is 0 Å². The zero-order valence-electron chi connectivity index (χ0n) is 10.2. The fourth-order valence-corrected chi connectivity index (χ4v) is 2.60. The van der Waals surface area contributed by atoms with Gasteiger partial charge in [0.2, 0.25) is 0 Å². The van der Waals surface area contributed by atoms with Crippen LogP contribution in [0.3, 0.4) is 0 Å². The van der Waals surface area contributed by atoms with E-state index in [1.807, 2.05) is 18.2 Å². The normalized spacial score (nSPS) is 11.7. The molecule has 3 N–H and O–H groups in total. The number of carbonyl (C=O) groups excluding carboxylic acids is 1. The number of rotatable bonds is 5. The summed E-state index contributed by atoms with van der Waals surface area (Å²) in [5, 5.41) is 14.0. The number of halogens is 2. The van der Waals surface area contributed by atoms with Gasteiger partial charge in [-0.1, -0.05) is 6.07 Å². The van der Waals surface area contributed by atoms with Crippen molar-refractivity contribution in [3.05, 3.63) is 27.1 Å². The number of hydrogen-bond acceptors (Lipinski definition) is 2. The van der Waals surface area contributed by atoms with Gasteiger partial charge in [0.15, 0.2) is 0 Å². The third kappa shape index (κ3) is 5.61. The minimum atomic E-state index is -0.873. The Morgan fingerprint density at radius 2 is 1.89 bits per heavy atom. The van der Waals surface area contributed by atoms with Gasteiger partial charge in [-0.05, 0) is 57.3 Å². The molecule has 0 aliphatic carbocycles. The molecular weight excluding hydrogens is 380 g/mol. The first-order valence-corrected chi connectivity index (χ1v) is 7.22. The molecular formula is C12H14Br2N2O3. The SMILES string of the molecule is CC(CCC(=O)O)NC(=O)Nc1c(Br)cccc1Br. The lowest BCUT2D eigenvalue weighted by atomic mass is 10.2. The van der Waals surface area contributed by atoms with Gasteiger partial charge in [0.05, 0.1) is 5.69 Å². The third-order valence-corrected chi connectivity index (χ3v) is 3.69. The molecule has 1 unspecified atom stereocenters. The van der Waals surface area contributed by atoms with Crippen molar-refractivity contribution in [3.8, 4) is 0 Å². The second-order valence-electron chi connectivity index (χ2n) is 4.03. The standard InChI is InChI=1S/C12H14Br2N2O3/c1-7(5-6-10(17)18)15-12(19)16-11-8(13)3-2-4-9(11)14/h2-4,7H,5-6H2,1H3,(H,17,18)(H2,15,16,19). The van der Waals surface area contributed by atoms with Crippen LogP contribution in [0.25, 0.3) is 0 Å². The van der Waals surface area contributed by atoms with Crippen LogP contribution in [0.1, 0.15) is 19.8 Å². The predicted octanol–water partition coefficient (Wildman–Crippen LogP) is 3.59. The number of anilines is 1. The van der Waals surface area contributed by atoms with Crippen molar-refractivity contribution in [1.29, 1.82) is 0 Å². The number of urea groups is 1. The van der Waals surface area contributed by atoms with Crippen LogP contribution >= 0.6 is 31.9 Å². The largest absolute Gasteiger partial charge is 0.481 e. The molecule has 0 spiro atoms. The van der Waals surface area contributed by atoms with Crippen molar-refractivity contribution >= 4 is 49.5 Å². The maximum Gasteiger partial charge on any atom is 0.319 e. The lowest BCUT2D eigenvalue weighted by Gasteiger charge is -2.15. The first kappa shape index (κ1) is 16.0. The van der Waals surface area contributed by atoms with Crippen molar-refractivity contribution in [2.24, 2.45) is 0 Å². The molecule has 0 saturated carbocycles. The van der Waals surface area contributed by atoms with Gasteiger partial charge >= 0.3 is 12.0 Å². The Balaban J connectivity index is 2.53. The summed E-state index contributed by atoms with van der Waals surface area (Å²) < 4.78 is 1.52. The van der Waals surface area contributed by atoms with E-state index in [9.17, 15) is 9.59 Å². The number of para-hydroxylation sites is 1. The number of carboxylic acid groups (broad SMARTS) is 1. The summed E-state index contributed by atoms with van der Waals surface area (Å²) in [4.78, 5) is 22.2. The van der Waals surface area contributed by atoms with E-state index in [0.29, 0.717) is 12.1 Å². The van der Waals surface area contributed by atoms with E-state index in [4.69, 9.17) is 5.11 Å². The average molecular weight is 394 g/mol. The second-order valence-corrected chi connectivity index (χ2v) is 5.74. The van der Waals surface area contributed by atoms with Gasteiger partial charge in [0.25, 0.3) is 0 Å². The molecule has 0 radical (unpaired) electrons. The highest BCUT2D eigenvalue weighted by Crippen LogP contribution is 2.30. The molecule has 2 amide bonds. The Kier molecular flexibility index (Phi) is 6.30. The molecule has 0 heterocycles. The smallest absolute Gasteiger partial charge is 0.319 e. The molecule has 0 fully saturated rings. The topological polar surface area (TPSA) is 78.4 Å². The van der Waals surface area contributed by atoms with E-state index in [1.165, 1.54) is 0 Å². The van der Waals surface area contributed by atoms with Crippen molar-refractivity contribution < 1.29 is 14.7 Å². The molecule has 1 atom stereocenters. The molecule has 0 saturated heterocycles. The van der Waals surface area contributed by atoms with Crippen molar-refractivity contribution in [2.45, 2.75) is 25.8 Å². The van der Waals surface area contributed by atoms with Crippen LogP contribution in [-0.4, -0.2) is 23.1 Å². The third-order valence-electron chi connectivity index (χ3n) is 2.37. The van der Waals surface area contributed by atoms with E-state index in [1.54, 1.807) is 6.92 Å². The maximum absolute atomic E-state index is 11.8. The number of carbonyl (C=O) groups is 2.